The second-order valence-electron chi connectivity index (χ2n) is 5.26. The fraction of sp³-hybridized carbons (Fsp3) is 0.438. The van der Waals surface area contributed by atoms with Gasteiger partial charge in [0.1, 0.15) is 5.01 Å². The number of hydrogen-bond donors (Lipinski definition) is 1. The average Bonchev–Trinajstić information content (AvgIpc) is 3.16. The summed E-state index contributed by atoms with van der Waals surface area (Å²) in [7, 11) is 0. The molecular formula is C16H20N2S. The second kappa shape index (κ2) is 5.43. The Morgan fingerprint density at radius 3 is 2.63 bits per heavy atom. The van der Waals surface area contributed by atoms with E-state index in [0.717, 1.165) is 24.0 Å². The summed E-state index contributed by atoms with van der Waals surface area (Å²) in [6.45, 7) is 5.29. The summed E-state index contributed by atoms with van der Waals surface area (Å²) >= 11 is 1.84. The van der Waals surface area contributed by atoms with Gasteiger partial charge in [-0.05, 0) is 26.2 Å². The van der Waals surface area contributed by atoms with Gasteiger partial charge in [-0.3, -0.25) is 0 Å². The van der Waals surface area contributed by atoms with E-state index >= 15 is 0 Å². The maximum atomic E-state index is 4.81. The third-order valence-electron chi connectivity index (χ3n) is 3.54. The molecule has 1 N–H and O–H groups in total. The molecule has 2 nitrogen and oxygen atoms in total. The van der Waals surface area contributed by atoms with Crippen LogP contribution < -0.4 is 5.32 Å². The molecule has 1 aromatic heterocycles. The van der Waals surface area contributed by atoms with E-state index in [2.05, 4.69) is 43.4 Å². The molecule has 2 aromatic rings. The lowest BCUT2D eigenvalue weighted by Crippen LogP contribution is -2.15. The molecule has 0 atom stereocenters. The van der Waals surface area contributed by atoms with Gasteiger partial charge in [0.05, 0.1) is 5.69 Å². The van der Waals surface area contributed by atoms with Crippen LogP contribution in [0.2, 0.25) is 0 Å². The first-order valence-corrected chi connectivity index (χ1v) is 7.87. The molecule has 1 saturated carbocycles. The predicted octanol–water partition coefficient (Wildman–Crippen LogP) is 3.93. The molecule has 0 spiro atoms. The number of nitrogens with zero attached hydrogens (tertiary/aromatic N) is 1. The van der Waals surface area contributed by atoms with E-state index in [9.17, 15) is 0 Å². The van der Waals surface area contributed by atoms with E-state index in [1.54, 1.807) is 0 Å². The molecule has 0 aliphatic heterocycles. The maximum Gasteiger partial charge on any atom is 0.123 e. The lowest BCUT2D eigenvalue weighted by atomic mass is 10.2. The van der Waals surface area contributed by atoms with Gasteiger partial charge in [-0.2, -0.15) is 0 Å². The highest BCUT2D eigenvalue weighted by atomic mass is 32.1. The molecule has 0 amide bonds. The summed E-state index contributed by atoms with van der Waals surface area (Å²) < 4.78 is 0. The van der Waals surface area contributed by atoms with Crippen LogP contribution in [0.5, 0.6) is 0 Å². The Bertz CT molecular complexity index is 553. The number of aryl methyl sites for hydroxylation is 2. The molecule has 100 valence electrons. The SMILES string of the molecule is CCc1nc(-c2ccc(C)cc2)sc1CNC1CC1. The average molecular weight is 272 g/mol. The zero-order valence-electron chi connectivity index (χ0n) is 11.6. The van der Waals surface area contributed by atoms with E-state index in [1.165, 1.54) is 34.5 Å². The van der Waals surface area contributed by atoms with Gasteiger partial charge in [0.2, 0.25) is 0 Å². The Labute approximate surface area is 118 Å². The Kier molecular flexibility index (Phi) is 3.67. The first-order valence-electron chi connectivity index (χ1n) is 7.05. The molecule has 1 fully saturated rings. The van der Waals surface area contributed by atoms with Crippen LogP contribution in [-0.4, -0.2) is 11.0 Å². The van der Waals surface area contributed by atoms with Crippen molar-refractivity contribution in [3.05, 3.63) is 40.4 Å². The number of benzene rings is 1. The lowest BCUT2D eigenvalue weighted by molar-refractivity contribution is 0.689. The lowest BCUT2D eigenvalue weighted by Gasteiger charge is -2.00. The van der Waals surface area contributed by atoms with Crippen molar-refractivity contribution in [1.82, 2.24) is 10.3 Å². The molecule has 3 heteroatoms. The minimum absolute atomic E-state index is 0.759. The third kappa shape index (κ3) is 3.04. The quantitative estimate of drug-likeness (QED) is 0.892. The smallest absolute Gasteiger partial charge is 0.123 e. The highest BCUT2D eigenvalue weighted by Gasteiger charge is 2.21. The molecule has 0 saturated heterocycles. The van der Waals surface area contributed by atoms with Crippen LogP contribution in [0.25, 0.3) is 10.6 Å². The maximum absolute atomic E-state index is 4.81. The summed E-state index contributed by atoms with van der Waals surface area (Å²) in [4.78, 5) is 6.21. The van der Waals surface area contributed by atoms with Crippen molar-refractivity contribution < 1.29 is 0 Å². The fourth-order valence-corrected chi connectivity index (χ4v) is 3.25. The van der Waals surface area contributed by atoms with Crippen molar-refractivity contribution in [1.29, 1.82) is 0 Å². The Morgan fingerprint density at radius 1 is 1.26 bits per heavy atom. The molecule has 1 heterocycles. The molecule has 19 heavy (non-hydrogen) atoms. The topological polar surface area (TPSA) is 24.9 Å². The molecule has 0 bridgehead atoms. The van der Waals surface area contributed by atoms with E-state index in [-0.39, 0.29) is 0 Å². The molecule has 3 rings (SSSR count). The van der Waals surface area contributed by atoms with Crippen LogP contribution in [0, 0.1) is 6.92 Å². The Balaban J connectivity index is 1.82. The van der Waals surface area contributed by atoms with Crippen LogP contribution in [0.3, 0.4) is 0 Å². The van der Waals surface area contributed by atoms with Gasteiger partial charge >= 0.3 is 0 Å². The minimum atomic E-state index is 0.759. The van der Waals surface area contributed by atoms with E-state index in [1.807, 2.05) is 11.3 Å². The van der Waals surface area contributed by atoms with Gasteiger partial charge in [0.15, 0.2) is 0 Å². The van der Waals surface area contributed by atoms with Gasteiger partial charge in [0.25, 0.3) is 0 Å². The highest BCUT2D eigenvalue weighted by molar-refractivity contribution is 7.15. The minimum Gasteiger partial charge on any atom is -0.309 e. The molecule has 0 radical (unpaired) electrons. The molecule has 1 aliphatic carbocycles. The molecule has 0 unspecified atom stereocenters. The Hall–Kier alpha value is -1.19. The first kappa shape index (κ1) is 12.8. The third-order valence-corrected chi connectivity index (χ3v) is 4.69. The van der Waals surface area contributed by atoms with E-state index in [4.69, 9.17) is 4.98 Å². The fourth-order valence-electron chi connectivity index (χ4n) is 2.14. The summed E-state index contributed by atoms with van der Waals surface area (Å²) in [5.41, 5.74) is 3.79. The normalized spacial score (nSPS) is 14.8. The predicted molar refractivity (Wildman–Crippen MR) is 81.5 cm³/mol. The standard InChI is InChI=1S/C16H20N2S/c1-3-14-15(10-17-13-8-9-13)19-16(18-14)12-6-4-11(2)5-7-12/h4-7,13,17H,3,8-10H2,1-2H3. The largest absolute Gasteiger partial charge is 0.309 e. The monoisotopic (exact) mass is 272 g/mol. The van der Waals surface area contributed by atoms with E-state index in [0.29, 0.717) is 0 Å². The van der Waals surface area contributed by atoms with Crippen molar-refractivity contribution in [2.75, 3.05) is 0 Å². The number of rotatable bonds is 5. The summed E-state index contributed by atoms with van der Waals surface area (Å²) in [5, 5.41) is 4.75. The molecule has 1 aliphatic rings. The number of hydrogen-bond acceptors (Lipinski definition) is 3. The summed E-state index contributed by atoms with van der Waals surface area (Å²) in [5.74, 6) is 0. The van der Waals surface area contributed by atoms with Gasteiger partial charge < -0.3 is 5.32 Å². The van der Waals surface area contributed by atoms with Gasteiger partial charge in [-0.25, -0.2) is 4.98 Å². The van der Waals surface area contributed by atoms with Gasteiger partial charge in [-0.15, -0.1) is 11.3 Å². The van der Waals surface area contributed by atoms with E-state index < -0.39 is 0 Å². The number of aromatic nitrogens is 1. The van der Waals surface area contributed by atoms with Crippen molar-refractivity contribution in [2.24, 2.45) is 0 Å². The zero-order chi connectivity index (χ0) is 13.2. The summed E-state index contributed by atoms with van der Waals surface area (Å²) in [6, 6.07) is 9.42. The Morgan fingerprint density at radius 2 is 2.00 bits per heavy atom. The van der Waals surface area contributed by atoms with Crippen molar-refractivity contribution in [3.8, 4) is 10.6 Å². The number of nitrogens with one attached hydrogen (secondary N) is 1. The van der Waals surface area contributed by atoms with Crippen LogP contribution in [-0.2, 0) is 13.0 Å². The van der Waals surface area contributed by atoms with Crippen LogP contribution in [0.15, 0.2) is 24.3 Å². The van der Waals surface area contributed by atoms with Crippen LogP contribution in [0.4, 0.5) is 0 Å². The first-order chi connectivity index (χ1) is 9.26. The number of thiazole rings is 1. The van der Waals surface area contributed by atoms with Crippen molar-refractivity contribution in [3.63, 3.8) is 0 Å². The van der Waals surface area contributed by atoms with Gasteiger partial charge in [0, 0.05) is 23.0 Å². The zero-order valence-corrected chi connectivity index (χ0v) is 12.4. The highest BCUT2D eigenvalue weighted by Crippen LogP contribution is 2.29. The second-order valence-corrected chi connectivity index (χ2v) is 6.35. The van der Waals surface area contributed by atoms with Crippen LogP contribution >= 0.6 is 11.3 Å². The molecule has 1 aromatic carbocycles. The van der Waals surface area contributed by atoms with Crippen molar-refractivity contribution in [2.45, 2.75) is 45.7 Å². The molecular weight excluding hydrogens is 252 g/mol. The summed E-state index contributed by atoms with van der Waals surface area (Å²) in [6.07, 6.45) is 3.69. The van der Waals surface area contributed by atoms with Gasteiger partial charge in [-0.1, -0.05) is 36.8 Å². The van der Waals surface area contributed by atoms with Crippen LogP contribution in [0.1, 0.15) is 35.9 Å². The van der Waals surface area contributed by atoms with Crippen molar-refractivity contribution >= 4 is 11.3 Å².